The number of likely N-dealkylation sites (N-methyl/N-ethyl adjacent to an activating group) is 1. The fraction of sp³-hybridized carbons (Fsp3) is 0.333. The Bertz CT molecular complexity index is 589. The van der Waals surface area contributed by atoms with Gasteiger partial charge in [0, 0.05) is 12.6 Å². The van der Waals surface area contributed by atoms with Gasteiger partial charge in [-0.05, 0) is 25.1 Å². The molecule has 21 heavy (non-hydrogen) atoms. The van der Waals surface area contributed by atoms with E-state index in [9.17, 15) is 14.0 Å². The van der Waals surface area contributed by atoms with Crippen molar-refractivity contribution in [1.29, 1.82) is 0 Å². The molecule has 0 saturated heterocycles. The first-order valence-corrected chi connectivity index (χ1v) is 6.30. The van der Waals surface area contributed by atoms with Gasteiger partial charge in [0.1, 0.15) is 19.0 Å². The van der Waals surface area contributed by atoms with Crippen molar-refractivity contribution in [2.45, 2.75) is 6.92 Å². The van der Waals surface area contributed by atoms with Crippen molar-refractivity contribution in [3.63, 3.8) is 0 Å². The zero-order chi connectivity index (χ0) is 15.8. The van der Waals surface area contributed by atoms with Crippen LogP contribution in [0, 0.1) is 17.7 Å². The van der Waals surface area contributed by atoms with Gasteiger partial charge in [0.25, 0.3) is 5.91 Å². The number of carbonyl (C=O) groups is 2. The van der Waals surface area contributed by atoms with Crippen LogP contribution < -0.4 is 0 Å². The Kier molecular flexibility index (Phi) is 6.37. The molecule has 0 aliphatic carbocycles. The van der Waals surface area contributed by atoms with E-state index in [1.54, 1.807) is 6.92 Å². The second kappa shape index (κ2) is 8.02. The molecular formula is C15H16FNO4. The Morgan fingerprint density at radius 3 is 2.76 bits per heavy atom. The lowest BCUT2D eigenvalue weighted by Gasteiger charge is -2.17. The summed E-state index contributed by atoms with van der Waals surface area (Å²) in [6.45, 7) is 1.28. The van der Waals surface area contributed by atoms with Crippen LogP contribution in [0.3, 0.4) is 0 Å². The maximum atomic E-state index is 13.2. The summed E-state index contributed by atoms with van der Waals surface area (Å²) in [4.78, 5) is 24.8. The minimum absolute atomic E-state index is 0.157. The van der Waals surface area contributed by atoms with Gasteiger partial charge in [-0.3, -0.25) is 9.59 Å². The molecule has 0 fully saturated rings. The lowest BCUT2D eigenvalue weighted by molar-refractivity contribution is -0.143. The van der Waals surface area contributed by atoms with Crippen LogP contribution in [0.5, 0.6) is 0 Å². The minimum atomic E-state index is -0.540. The number of esters is 1. The highest BCUT2D eigenvalue weighted by Crippen LogP contribution is 2.12. The molecule has 1 rings (SSSR count). The Morgan fingerprint density at radius 1 is 1.43 bits per heavy atom. The standard InChI is InChI=1S/C15H16FNO4/c1-3-21-14(19)10-17(2)15(20)13-7-6-12(16)9-11(13)5-4-8-18/h6-7,9,18H,3,8,10H2,1-2H3. The first-order chi connectivity index (χ1) is 9.99. The molecule has 112 valence electrons. The van der Waals surface area contributed by atoms with Gasteiger partial charge >= 0.3 is 5.97 Å². The summed E-state index contributed by atoms with van der Waals surface area (Å²) >= 11 is 0. The Hall–Kier alpha value is -2.39. The van der Waals surface area contributed by atoms with Gasteiger partial charge < -0.3 is 14.7 Å². The molecule has 1 aromatic carbocycles. The maximum Gasteiger partial charge on any atom is 0.325 e. The summed E-state index contributed by atoms with van der Waals surface area (Å²) in [7, 11) is 1.44. The van der Waals surface area contributed by atoms with Crippen LogP contribution in [0.25, 0.3) is 0 Å². The van der Waals surface area contributed by atoms with Crippen LogP contribution in [0.1, 0.15) is 22.8 Å². The molecule has 1 aromatic rings. The zero-order valence-corrected chi connectivity index (χ0v) is 11.9. The average molecular weight is 293 g/mol. The van der Waals surface area contributed by atoms with Crippen molar-refractivity contribution in [1.82, 2.24) is 4.90 Å². The van der Waals surface area contributed by atoms with Crippen LogP contribution in [-0.4, -0.2) is 48.7 Å². The molecule has 0 radical (unpaired) electrons. The van der Waals surface area contributed by atoms with Crippen molar-refractivity contribution in [3.8, 4) is 11.8 Å². The van der Waals surface area contributed by atoms with Crippen molar-refractivity contribution in [2.75, 3.05) is 26.8 Å². The number of benzene rings is 1. The Morgan fingerprint density at radius 2 is 2.14 bits per heavy atom. The number of halogens is 1. The van der Waals surface area contributed by atoms with Gasteiger partial charge in [-0.25, -0.2) is 4.39 Å². The first kappa shape index (κ1) is 16.7. The lowest BCUT2D eigenvalue weighted by Crippen LogP contribution is -2.33. The fourth-order valence-electron chi connectivity index (χ4n) is 1.62. The average Bonchev–Trinajstić information content (AvgIpc) is 2.44. The highest BCUT2D eigenvalue weighted by molar-refractivity contribution is 5.98. The van der Waals surface area contributed by atoms with Crippen LogP contribution in [0.2, 0.25) is 0 Å². The van der Waals surface area contributed by atoms with Crippen LogP contribution in [0.4, 0.5) is 4.39 Å². The van der Waals surface area contributed by atoms with Crippen LogP contribution in [-0.2, 0) is 9.53 Å². The molecule has 0 spiro atoms. The highest BCUT2D eigenvalue weighted by Gasteiger charge is 2.18. The van der Waals surface area contributed by atoms with E-state index in [1.165, 1.54) is 13.1 Å². The molecule has 0 aliphatic heterocycles. The molecule has 1 N–H and O–H groups in total. The second-order valence-electron chi connectivity index (χ2n) is 4.12. The molecule has 0 unspecified atom stereocenters. The number of carbonyl (C=O) groups excluding carboxylic acids is 2. The van der Waals surface area contributed by atoms with Crippen molar-refractivity contribution < 1.29 is 23.8 Å². The van der Waals surface area contributed by atoms with Crippen LogP contribution >= 0.6 is 0 Å². The molecule has 0 saturated carbocycles. The fourth-order valence-corrected chi connectivity index (χ4v) is 1.62. The molecule has 5 nitrogen and oxygen atoms in total. The molecule has 0 aliphatic rings. The third kappa shape index (κ3) is 4.89. The number of aliphatic hydroxyl groups excluding tert-OH is 1. The predicted octanol–water partition coefficient (Wildman–Crippen LogP) is 0.805. The molecular weight excluding hydrogens is 277 g/mol. The second-order valence-corrected chi connectivity index (χ2v) is 4.12. The van der Waals surface area contributed by atoms with Gasteiger partial charge in [-0.2, -0.15) is 0 Å². The molecule has 0 aromatic heterocycles. The Balaban J connectivity index is 2.98. The summed E-state index contributed by atoms with van der Waals surface area (Å²) in [5.41, 5.74) is 0.314. The molecule has 0 atom stereocenters. The topological polar surface area (TPSA) is 66.8 Å². The third-order valence-corrected chi connectivity index (χ3v) is 2.53. The molecule has 0 bridgehead atoms. The van der Waals surface area contributed by atoms with E-state index in [0.717, 1.165) is 17.0 Å². The zero-order valence-electron chi connectivity index (χ0n) is 11.9. The quantitative estimate of drug-likeness (QED) is 0.659. The van der Waals surface area contributed by atoms with E-state index in [-0.39, 0.29) is 24.3 Å². The maximum absolute atomic E-state index is 13.2. The van der Waals surface area contributed by atoms with Gasteiger partial charge in [-0.15, -0.1) is 0 Å². The summed E-state index contributed by atoms with van der Waals surface area (Å²) in [5.74, 6) is 3.33. The third-order valence-electron chi connectivity index (χ3n) is 2.53. The largest absolute Gasteiger partial charge is 0.465 e. The van der Waals surface area contributed by atoms with Gasteiger partial charge in [0.05, 0.1) is 12.2 Å². The van der Waals surface area contributed by atoms with E-state index in [1.807, 2.05) is 0 Å². The molecule has 0 heterocycles. The van der Waals surface area contributed by atoms with Gasteiger partial charge in [0.15, 0.2) is 0 Å². The first-order valence-electron chi connectivity index (χ1n) is 6.30. The normalized spacial score (nSPS) is 9.52. The van der Waals surface area contributed by atoms with E-state index >= 15 is 0 Å². The number of hydrogen-bond acceptors (Lipinski definition) is 4. The molecule has 6 heteroatoms. The minimum Gasteiger partial charge on any atom is -0.465 e. The summed E-state index contributed by atoms with van der Waals surface area (Å²) in [6, 6.07) is 3.53. The van der Waals surface area contributed by atoms with Gasteiger partial charge in [-0.1, -0.05) is 11.8 Å². The van der Waals surface area contributed by atoms with Crippen molar-refractivity contribution in [3.05, 3.63) is 35.1 Å². The summed E-state index contributed by atoms with van der Waals surface area (Å²) < 4.78 is 18.0. The van der Waals surface area contributed by atoms with E-state index in [2.05, 4.69) is 11.8 Å². The summed E-state index contributed by atoms with van der Waals surface area (Å²) in [6.07, 6.45) is 0. The number of amides is 1. The number of nitrogens with zero attached hydrogens (tertiary/aromatic N) is 1. The van der Waals surface area contributed by atoms with Crippen molar-refractivity contribution >= 4 is 11.9 Å². The lowest BCUT2D eigenvalue weighted by atomic mass is 10.1. The van der Waals surface area contributed by atoms with Crippen LogP contribution in [0.15, 0.2) is 18.2 Å². The van der Waals surface area contributed by atoms with E-state index in [0.29, 0.717) is 0 Å². The number of aliphatic hydroxyl groups is 1. The Labute approximate surface area is 122 Å². The summed E-state index contributed by atoms with van der Waals surface area (Å²) in [5, 5.41) is 8.69. The number of hydrogen-bond donors (Lipinski definition) is 1. The molecule has 1 amide bonds. The van der Waals surface area contributed by atoms with E-state index < -0.39 is 24.3 Å². The monoisotopic (exact) mass is 293 g/mol. The highest BCUT2D eigenvalue weighted by atomic mass is 19.1. The number of rotatable bonds is 4. The van der Waals surface area contributed by atoms with Gasteiger partial charge in [0.2, 0.25) is 0 Å². The van der Waals surface area contributed by atoms with E-state index in [4.69, 9.17) is 9.84 Å². The number of ether oxygens (including phenoxy) is 1. The predicted molar refractivity (Wildman–Crippen MR) is 74.0 cm³/mol. The SMILES string of the molecule is CCOC(=O)CN(C)C(=O)c1ccc(F)cc1C#CCO. The smallest absolute Gasteiger partial charge is 0.325 e. The van der Waals surface area contributed by atoms with Crippen molar-refractivity contribution in [2.24, 2.45) is 0 Å².